The first-order valence-corrected chi connectivity index (χ1v) is 5.90. The molecule has 4 nitrogen and oxygen atoms in total. The van der Waals surface area contributed by atoms with Crippen molar-refractivity contribution in [3.8, 4) is 6.07 Å². The molecule has 18 heavy (non-hydrogen) atoms. The van der Waals surface area contributed by atoms with E-state index in [2.05, 4.69) is 0 Å². The largest absolute Gasteiger partial charge is 0.481 e. The van der Waals surface area contributed by atoms with E-state index < -0.39 is 17.8 Å². The van der Waals surface area contributed by atoms with Crippen LogP contribution in [-0.4, -0.2) is 16.9 Å². The van der Waals surface area contributed by atoms with Crippen LogP contribution >= 0.6 is 0 Å². The number of nitriles is 1. The Hall–Kier alpha value is -2.15. The van der Waals surface area contributed by atoms with Crippen molar-refractivity contribution in [2.24, 2.45) is 11.8 Å². The third kappa shape index (κ3) is 2.25. The minimum atomic E-state index is -0.889. The average Bonchev–Trinajstić information content (AvgIpc) is 2.87. The Bertz CT molecular complexity index is 513. The predicted molar refractivity (Wildman–Crippen MR) is 64.0 cm³/mol. The molecule has 0 aromatic heterocycles. The summed E-state index contributed by atoms with van der Waals surface area (Å²) < 4.78 is 0. The van der Waals surface area contributed by atoms with E-state index in [1.54, 1.807) is 24.3 Å². The van der Waals surface area contributed by atoms with Crippen LogP contribution in [0.1, 0.15) is 35.2 Å². The Labute approximate surface area is 105 Å². The van der Waals surface area contributed by atoms with Crippen LogP contribution in [0.4, 0.5) is 0 Å². The van der Waals surface area contributed by atoms with Gasteiger partial charge in [-0.25, -0.2) is 0 Å². The molecule has 0 amide bonds. The molecule has 0 aliphatic heterocycles. The van der Waals surface area contributed by atoms with Gasteiger partial charge in [-0.05, 0) is 25.0 Å². The quantitative estimate of drug-likeness (QED) is 0.826. The first-order chi connectivity index (χ1) is 8.63. The first kappa shape index (κ1) is 12.3. The van der Waals surface area contributed by atoms with Gasteiger partial charge in [0.1, 0.15) is 0 Å². The second kappa shape index (κ2) is 5.01. The highest BCUT2D eigenvalue weighted by atomic mass is 16.4. The Morgan fingerprint density at radius 2 is 1.78 bits per heavy atom. The van der Waals surface area contributed by atoms with Crippen molar-refractivity contribution < 1.29 is 14.7 Å². The van der Waals surface area contributed by atoms with E-state index >= 15 is 0 Å². The third-order valence-electron chi connectivity index (χ3n) is 3.47. The van der Waals surface area contributed by atoms with Crippen LogP contribution in [0.3, 0.4) is 0 Å². The third-order valence-corrected chi connectivity index (χ3v) is 3.47. The molecular weight excluding hydrogens is 230 g/mol. The molecule has 1 saturated carbocycles. The summed E-state index contributed by atoms with van der Waals surface area (Å²) in [6.07, 6.45) is 1.99. The maximum atomic E-state index is 12.2. The van der Waals surface area contributed by atoms with E-state index in [0.29, 0.717) is 24.0 Å². The number of rotatable bonds is 3. The number of carbonyl (C=O) groups is 2. The lowest BCUT2D eigenvalue weighted by Gasteiger charge is -2.14. The van der Waals surface area contributed by atoms with Crippen molar-refractivity contribution in [3.63, 3.8) is 0 Å². The van der Waals surface area contributed by atoms with Crippen molar-refractivity contribution in [1.29, 1.82) is 5.26 Å². The molecular formula is C14H13NO3. The average molecular weight is 243 g/mol. The second-order valence-corrected chi connectivity index (χ2v) is 4.54. The number of ketones is 1. The SMILES string of the molecule is N#Cc1ccc(C(=O)C2CCCC2C(=O)O)cc1. The molecule has 0 bridgehead atoms. The lowest BCUT2D eigenvalue weighted by atomic mass is 9.88. The molecule has 2 unspecified atom stereocenters. The molecule has 1 aliphatic rings. The second-order valence-electron chi connectivity index (χ2n) is 4.54. The molecule has 4 heteroatoms. The van der Waals surface area contributed by atoms with Crippen LogP contribution in [-0.2, 0) is 4.79 Å². The van der Waals surface area contributed by atoms with Gasteiger partial charge in [-0.2, -0.15) is 5.26 Å². The summed E-state index contributed by atoms with van der Waals surface area (Å²) >= 11 is 0. The zero-order valence-electron chi connectivity index (χ0n) is 9.80. The van der Waals surface area contributed by atoms with Gasteiger partial charge in [0.05, 0.1) is 17.6 Å². The van der Waals surface area contributed by atoms with Crippen molar-refractivity contribution in [2.45, 2.75) is 19.3 Å². The van der Waals surface area contributed by atoms with Gasteiger partial charge >= 0.3 is 5.97 Å². The predicted octanol–water partition coefficient (Wildman–Crippen LogP) is 2.24. The first-order valence-electron chi connectivity index (χ1n) is 5.90. The number of hydrogen-bond donors (Lipinski definition) is 1. The molecule has 92 valence electrons. The van der Waals surface area contributed by atoms with E-state index in [9.17, 15) is 9.59 Å². The Morgan fingerprint density at radius 3 is 2.33 bits per heavy atom. The molecule has 1 N–H and O–H groups in total. The fraction of sp³-hybridized carbons (Fsp3) is 0.357. The maximum absolute atomic E-state index is 12.2. The number of Topliss-reactive ketones (excluding diaryl/α,β-unsaturated/α-hetero) is 1. The van der Waals surface area contributed by atoms with Gasteiger partial charge in [0.2, 0.25) is 0 Å². The van der Waals surface area contributed by atoms with Crippen LogP contribution in [0.15, 0.2) is 24.3 Å². The van der Waals surface area contributed by atoms with Gasteiger partial charge in [0.25, 0.3) is 0 Å². The van der Waals surface area contributed by atoms with Crippen LogP contribution < -0.4 is 0 Å². The van der Waals surface area contributed by atoms with E-state index in [0.717, 1.165) is 6.42 Å². The Morgan fingerprint density at radius 1 is 1.17 bits per heavy atom. The number of carbonyl (C=O) groups excluding carboxylic acids is 1. The van der Waals surface area contributed by atoms with Crippen molar-refractivity contribution in [2.75, 3.05) is 0 Å². The number of carboxylic acids is 1. The van der Waals surface area contributed by atoms with E-state index in [4.69, 9.17) is 10.4 Å². The zero-order chi connectivity index (χ0) is 13.1. The minimum absolute atomic E-state index is 0.121. The molecule has 2 atom stereocenters. The topological polar surface area (TPSA) is 78.2 Å². The van der Waals surface area contributed by atoms with Gasteiger partial charge < -0.3 is 5.11 Å². The van der Waals surface area contributed by atoms with Crippen LogP contribution in [0.25, 0.3) is 0 Å². The standard InChI is InChI=1S/C14H13NO3/c15-8-9-4-6-10(7-5-9)13(16)11-2-1-3-12(11)14(17)18/h4-7,11-12H,1-3H2,(H,17,18). The number of aliphatic carboxylic acids is 1. The highest BCUT2D eigenvalue weighted by Gasteiger charge is 2.37. The highest BCUT2D eigenvalue weighted by molar-refractivity contribution is 6.00. The molecule has 1 aromatic carbocycles. The number of benzene rings is 1. The molecule has 0 radical (unpaired) electrons. The highest BCUT2D eigenvalue weighted by Crippen LogP contribution is 2.34. The fourth-order valence-corrected chi connectivity index (χ4v) is 2.49. The number of hydrogen-bond acceptors (Lipinski definition) is 3. The Kier molecular flexibility index (Phi) is 3.42. The molecule has 1 aliphatic carbocycles. The van der Waals surface area contributed by atoms with E-state index in [1.165, 1.54) is 0 Å². The number of nitrogens with zero attached hydrogens (tertiary/aromatic N) is 1. The van der Waals surface area contributed by atoms with Gasteiger partial charge in [0, 0.05) is 11.5 Å². The molecule has 2 rings (SSSR count). The summed E-state index contributed by atoms with van der Waals surface area (Å²) in [5.41, 5.74) is 0.986. The maximum Gasteiger partial charge on any atom is 0.307 e. The van der Waals surface area contributed by atoms with Gasteiger partial charge in [-0.1, -0.05) is 18.6 Å². The van der Waals surface area contributed by atoms with Crippen LogP contribution in [0.2, 0.25) is 0 Å². The number of carboxylic acid groups (broad SMARTS) is 1. The summed E-state index contributed by atoms with van der Waals surface area (Å²) in [5, 5.41) is 17.7. The smallest absolute Gasteiger partial charge is 0.307 e. The van der Waals surface area contributed by atoms with Gasteiger partial charge in [-0.3, -0.25) is 9.59 Å². The molecule has 1 aromatic rings. The van der Waals surface area contributed by atoms with Gasteiger partial charge in [0.15, 0.2) is 5.78 Å². The van der Waals surface area contributed by atoms with Gasteiger partial charge in [-0.15, -0.1) is 0 Å². The molecule has 0 heterocycles. The summed E-state index contributed by atoms with van der Waals surface area (Å²) in [6.45, 7) is 0. The zero-order valence-corrected chi connectivity index (χ0v) is 9.80. The summed E-state index contributed by atoms with van der Waals surface area (Å²) in [6, 6.07) is 8.34. The minimum Gasteiger partial charge on any atom is -0.481 e. The summed E-state index contributed by atoms with van der Waals surface area (Å²) in [5.74, 6) is -1.99. The molecule has 0 saturated heterocycles. The van der Waals surface area contributed by atoms with Crippen LogP contribution in [0.5, 0.6) is 0 Å². The normalized spacial score (nSPS) is 22.4. The van der Waals surface area contributed by atoms with E-state index in [1.807, 2.05) is 6.07 Å². The Balaban J connectivity index is 2.20. The molecule has 0 spiro atoms. The van der Waals surface area contributed by atoms with Crippen molar-refractivity contribution in [3.05, 3.63) is 35.4 Å². The van der Waals surface area contributed by atoms with Crippen molar-refractivity contribution >= 4 is 11.8 Å². The van der Waals surface area contributed by atoms with Crippen molar-refractivity contribution in [1.82, 2.24) is 0 Å². The fourth-order valence-electron chi connectivity index (χ4n) is 2.49. The van der Waals surface area contributed by atoms with E-state index in [-0.39, 0.29) is 5.78 Å². The van der Waals surface area contributed by atoms with Crippen LogP contribution in [0, 0.1) is 23.2 Å². The lowest BCUT2D eigenvalue weighted by Crippen LogP contribution is -2.25. The molecule has 1 fully saturated rings. The monoisotopic (exact) mass is 243 g/mol. The summed E-state index contributed by atoms with van der Waals surface area (Å²) in [7, 11) is 0. The lowest BCUT2D eigenvalue weighted by molar-refractivity contribution is -0.142. The summed E-state index contributed by atoms with van der Waals surface area (Å²) in [4.78, 5) is 23.3.